The normalized spacial score (nSPS) is 13.2. The zero-order valence-electron chi connectivity index (χ0n) is 12.3. The molecule has 0 aromatic carbocycles. The van der Waals surface area contributed by atoms with E-state index in [2.05, 4.69) is 0 Å². The maximum Gasteiger partial charge on any atom is 0.266 e. The van der Waals surface area contributed by atoms with Gasteiger partial charge in [-0.1, -0.05) is 0 Å². The molecule has 0 spiro atoms. The van der Waals surface area contributed by atoms with Gasteiger partial charge >= 0.3 is 0 Å². The van der Waals surface area contributed by atoms with Crippen molar-refractivity contribution in [1.82, 2.24) is 9.80 Å². The van der Waals surface area contributed by atoms with Crippen LogP contribution in [0.15, 0.2) is 0 Å². The average molecular weight is 348 g/mol. The topological polar surface area (TPSA) is 124 Å². The fourth-order valence-electron chi connectivity index (χ4n) is 1.50. The van der Waals surface area contributed by atoms with Crippen molar-refractivity contribution in [3.63, 3.8) is 0 Å². The molecule has 0 radical (unpaired) electrons. The number of methoxy groups -OCH3 is 1. The van der Waals surface area contributed by atoms with Gasteiger partial charge < -0.3 is 9.64 Å². The third kappa shape index (κ3) is 14.4. The van der Waals surface area contributed by atoms with Crippen molar-refractivity contribution in [2.45, 2.75) is 0 Å². The standard InChI is InChI=1S/C10H24N2O7S2/c1-11(6-9-20(13,14)15)3-4-12(5-8-19-2)7-10-21(16,17)18/h3-10H2,1-2H3,(H,13,14,15)(H,16,17,18). The molecule has 11 heteroatoms. The van der Waals surface area contributed by atoms with Gasteiger partial charge in [-0.15, -0.1) is 0 Å². The lowest BCUT2D eigenvalue weighted by atomic mass is 10.4. The molecule has 0 atom stereocenters. The van der Waals surface area contributed by atoms with E-state index in [1.807, 2.05) is 0 Å². The summed E-state index contributed by atoms with van der Waals surface area (Å²) in [5.74, 6) is -0.724. The van der Waals surface area contributed by atoms with Crippen molar-refractivity contribution in [3.8, 4) is 0 Å². The van der Waals surface area contributed by atoms with Crippen molar-refractivity contribution in [1.29, 1.82) is 0 Å². The Morgan fingerprint density at radius 1 is 0.857 bits per heavy atom. The summed E-state index contributed by atoms with van der Waals surface area (Å²) in [6.07, 6.45) is 0. The minimum absolute atomic E-state index is 0.161. The Balaban J connectivity index is 4.20. The summed E-state index contributed by atoms with van der Waals surface area (Å²) < 4.78 is 65.1. The molecular formula is C10H24N2O7S2. The van der Waals surface area contributed by atoms with E-state index >= 15 is 0 Å². The van der Waals surface area contributed by atoms with Crippen LogP contribution in [-0.2, 0) is 25.0 Å². The minimum atomic E-state index is -4.02. The van der Waals surface area contributed by atoms with E-state index in [1.165, 1.54) is 7.11 Å². The van der Waals surface area contributed by atoms with Crippen LogP contribution in [0.4, 0.5) is 0 Å². The number of hydrogen-bond acceptors (Lipinski definition) is 7. The van der Waals surface area contributed by atoms with Gasteiger partial charge in [0.05, 0.1) is 18.1 Å². The molecule has 0 saturated carbocycles. The number of rotatable bonds is 12. The highest BCUT2D eigenvalue weighted by Gasteiger charge is 2.12. The lowest BCUT2D eigenvalue weighted by Gasteiger charge is -2.24. The Morgan fingerprint density at radius 2 is 1.38 bits per heavy atom. The molecular weight excluding hydrogens is 324 g/mol. The van der Waals surface area contributed by atoms with Crippen LogP contribution in [-0.4, -0.2) is 101 Å². The van der Waals surface area contributed by atoms with E-state index in [9.17, 15) is 16.8 Å². The Kier molecular flexibility index (Phi) is 9.53. The lowest BCUT2D eigenvalue weighted by Crippen LogP contribution is -2.39. The predicted molar refractivity (Wildman–Crippen MR) is 78.6 cm³/mol. The van der Waals surface area contributed by atoms with E-state index in [0.29, 0.717) is 26.2 Å². The summed E-state index contributed by atoms with van der Waals surface area (Å²) in [7, 11) is -4.79. The quantitative estimate of drug-likeness (QED) is 0.411. The Hall–Kier alpha value is -0.300. The van der Waals surface area contributed by atoms with Gasteiger partial charge in [0.15, 0.2) is 0 Å². The van der Waals surface area contributed by atoms with Gasteiger partial charge in [-0.25, -0.2) is 0 Å². The molecule has 0 aliphatic heterocycles. The van der Waals surface area contributed by atoms with E-state index in [4.69, 9.17) is 13.8 Å². The summed E-state index contributed by atoms with van der Waals surface area (Å²) in [6.45, 7) is 2.23. The monoisotopic (exact) mass is 348 g/mol. The van der Waals surface area contributed by atoms with Gasteiger partial charge in [0.2, 0.25) is 0 Å². The molecule has 0 bridgehead atoms. The molecule has 0 rings (SSSR count). The molecule has 0 unspecified atom stereocenters. The highest BCUT2D eigenvalue weighted by Crippen LogP contribution is 1.95. The highest BCUT2D eigenvalue weighted by molar-refractivity contribution is 7.86. The highest BCUT2D eigenvalue weighted by atomic mass is 32.2. The summed E-state index contributed by atoms with van der Waals surface area (Å²) in [5.41, 5.74) is 0. The van der Waals surface area contributed by atoms with Crippen LogP contribution in [0.5, 0.6) is 0 Å². The second-order valence-electron chi connectivity index (χ2n) is 4.71. The van der Waals surface area contributed by atoms with Crippen LogP contribution in [0.25, 0.3) is 0 Å². The van der Waals surface area contributed by atoms with Crippen LogP contribution in [0.1, 0.15) is 0 Å². The zero-order valence-corrected chi connectivity index (χ0v) is 13.9. The Labute approximate surface area is 126 Å². The zero-order chi connectivity index (χ0) is 16.5. The molecule has 0 amide bonds. The van der Waals surface area contributed by atoms with Crippen molar-refractivity contribution in [2.24, 2.45) is 0 Å². The van der Waals surface area contributed by atoms with Crippen LogP contribution < -0.4 is 0 Å². The van der Waals surface area contributed by atoms with Crippen LogP contribution in [0, 0.1) is 0 Å². The molecule has 2 N–H and O–H groups in total. The maximum atomic E-state index is 10.8. The van der Waals surface area contributed by atoms with E-state index in [1.54, 1.807) is 16.8 Å². The van der Waals surface area contributed by atoms with Crippen LogP contribution in [0.2, 0.25) is 0 Å². The summed E-state index contributed by atoms with van der Waals surface area (Å²) >= 11 is 0. The molecule has 0 aliphatic carbocycles. The fraction of sp³-hybridized carbons (Fsp3) is 1.00. The maximum absolute atomic E-state index is 10.8. The van der Waals surface area contributed by atoms with Gasteiger partial charge in [0.25, 0.3) is 20.2 Å². The smallest absolute Gasteiger partial charge is 0.266 e. The van der Waals surface area contributed by atoms with E-state index in [0.717, 1.165) is 0 Å². The average Bonchev–Trinajstić information content (AvgIpc) is 2.33. The molecule has 0 aromatic heterocycles. The third-order valence-electron chi connectivity index (χ3n) is 2.81. The molecule has 9 nitrogen and oxygen atoms in total. The Morgan fingerprint density at radius 3 is 1.86 bits per heavy atom. The number of nitrogens with zero attached hydrogens (tertiary/aromatic N) is 2. The number of ether oxygens (including phenoxy) is 1. The molecule has 0 aliphatic rings. The fourth-order valence-corrected chi connectivity index (χ4v) is 2.53. The summed E-state index contributed by atoms with van der Waals surface area (Å²) in [5, 5.41) is 0. The first-order valence-corrected chi connectivity index (χ1v) is 9.55. The van der Waals surface area contributed by atoms with E-state index in [-0.39, 0.29) is 24.6 Å². The van der Waals surface area contributed by atoms with Crippen LogP contribution in [0.3, 0.4) is 0 Å². The second-order valence-corrected chi connectivity index (χ2v) is 7.85. The molecule has 128 valence electrons. The van der Waals surface area contributed by atoms with Crippen molar-refractivity contribution >= 4 is 20.2 Å². The van der Waals surface area contributed by atoms with Gasteiger partial charge in [-0.3, -0.25) is 14.0 Å². The van der Waals surface area contributed by atoms with Crippen LogP contribution >= 0.6 is 0 Å². The first-order valence-electron chi connectivity index (χ1n) is 6.33. The second kappa shape index (κ2) is 9.66. The van der Waals surface area contributed by atoms with Gasteiger partial charge in [0.1, 0.15) is 0 Å². The van der Waals surface area contributed by atoms with Crippen molar-refractivity contribution in [2.75, 3.05) is 65.0 Å². The Bertz CT molecular complexity index is 478. The minimum Gasteiger partial charge on any atom is -0.383 e. The first kappa shape index (κ1) is 20.7. The largest absolute Gasteiger partial charge is 0.383 e. The molecule has 0 fully saturated rings. The lowest BCUT2D eigenvalue weighted by molar-refractivity contribution is 0.144. The number of likely N-dealkylation sites (N-methyl/N-ethyl adjacent to an activating group) is 1. The van der Waals surface area contributed by atoms with Crippen molar-refractivity contribution < 1.29 is 30.7 Å². The molecule has 0 saturated heterocycles. The SMILES string of the molecule is COCCN(CCN(C)CCS(=O)(=O)O)CCS(=O)(=O)O. The van der Waals surface area contributed by atoms with Crippen molar-refractivity contribution in [3.05, 3.63) is 0 Å². The van der Waals surface area contributed by atoms with Gasteiger partial charge in [-0.05, 0) is 7.05 Å². The third-order valence-corrected chi connectivity index (χ3v) is 4.20. The molecule has 0 aromatic rings. The number of hydrogen-bond donors (Lipinski definition) is 2. The predicted octanol–water partition coefficient (Wildman–Crippen LogP) is -1.36. The summed E-state index contributed by atoms with van der Waals surface area (Å²) in [6, 6.07) is 0. The summed E-state index contributed by atoms with van der Waals surface area (Å²) in [4.78, 5) is 3.50. The first-order chi connectivity index (χ1) is 9.53. The molecule has 21 heavy (non-hydrogen) atoms. The van der Waals surface area contributed by atoms with Gasteiger partial charge in [-0.2, -0.15) is 16.8 Å². The van der Waals surface area contributed by atoms with E-state index < -0.39 is 20.2 Å². The van der Waals surface area contributed by atoms with Gasteiger partial charge in [0, 0.05) is 39.8 Å². The molecule has 0 heterocycles.